The normalized spacial score (nSPS) is 10.6. The van der Waals surface area contributed by atoms with E-state index in [1.807, 2.05) is 0 Å². The number of rotatable bonds is 4. The van der Waals surface area contributed by atoms with Crippen LogP contribution in [0.1, 0.15) is 26.5 Å². The zero-order valence-electron chi connectivity index (χ0n) is 14.8. The van der Waals surface area contributed by atoms with Gasteiger partial charge in [0.15, 0.2) is 0 Å². The number of methoxy groups -OCH3 is 1. The molecule has 0 aliphatic rings. The molecule has 3 aromatic rings. The average molecular weight is 439 g/mol. The van der Waals surface area contributed by atoms with Crippen molar-refractivity contribution in [3.63, 3.8) is 0 Å². The second-order valence-corrected chi connectivity index (χ2v) is 6.95. The third-order valence-electron chi connectivity index (χ3n) is 4.00. The highest BCUT2D eigenvalue weighted by molar-refractivity contribution is 6.44. The molecule has 6 nitrogen and oxygen atoms in total. The van der Waals surface area contributed by atoms with Crippen LogP contribution < -0.4 is 5.32 Å². The summed E-state index contributed by atoms with van der Waals surface area (Å²) in [6, 6.07) is 8.57. The Balaban J connectivity index is 1.81. The first-order valence-electron chi connectivity index (χ1n) is 8.01. The quantitative estimate of drug-likeness (QED) is 0.423. The van der Waals surface area contributed by atoms with Crippen LogP contribution in [0.2, 0.25) is 15.2 Å². The Morgan fingerprint density at radius 1 is 1.07 bits per heavy atom. The smallest absolute Gasteiger partial charge is 0.341 e. The molecule has 144 valence electrons. The first-order valence-corrected chi connectivity index (χ1v) is 9.14. The maximum atomic E-state index is 12.4. The third-order valence-corrected chi connectivity index (χ3v) is 5.25. The molecule has 1 aromatic carbocycles. The van der Waals surface area contributed by atoms with E-state index >= 15 is 0 Å². The van der Waals surface area contributed by atoms with Gasteiger partial charge in [-0.3, -0.25) is 4.79 Å². The van der Waals surface area contributed by atoms with E-state index in [0.717, 1.165) is 5.56 Å². The lowest BCUT2D eigenvalue weighted by Crippen LogP contribution is -2.12. The fourth-order valence-electron chi connectivity index (χ4n) is 2.53. The number of nitrogens with one attached hydrogen (secondary N) is 2. The highest BCUT2D eigenvalue weighted by Crippen LogP contribution is 2.30. The van der Waals surface area contributed by atoms with Crippen molar-refractivity contribution in [3.8, 4) is 11.1 Å². The number of aryl methyl sites for hydroxylation is 1. The van der Waals surface area contributed by atoms with Crippen LogP contribution in [-0.2, 0) is 4.74 Å². The number of aromatic amines is 1. The van der Waals surface area contributed by atoms with Gasteiger partial charge in [0.05, 0.1) is 22.7 Å². The number of ether oxygens (including phenoxy) is 1. The molecule has 3 rings (SSSR count). The molecule has 2 aromatic heterocycles. The van der Waals surface area contributed by atoms with E-state index in [1.54, 1.807) is 43.5 Å². The summed E-state index contributed by atoms with van der Waals surface area (Å²) in [6.45, 7) is 1.72. The summed E-state index contributed by atoms with van der Waals surface area (Å²) in [4.78, 5) is 31.0. The van der Waals surface area contributed by atoms with E-state index in [9.17, 15) is 9.59 Å². The first kappa shape index (κ1) is 20.2. The van der Waals surface area contributed by atoms with Crippen LogP contribution >= 0.6 is 34.8 Å². The van der Waals surface area contributed by atoms with Gasteiger partial charge in [0.2, 0.25) is 0 Å². The molecule has 2 heterocycles. The van der Waals surface area contributed by atoms with Gasteiger partial charge in [0, 0.05) is 23.1 Å². The number of nitrogens with zero attached hydrogens (tertiary/aromatic N) is 1. The van der Waals surface area contributed by atoms with E-state index < -0.39 is 11.9 Å². The third kappa shape index (κ3) is 3.99. The van der Waals surface area contributed by atoms with E-state index in [2.05, 4.69) is 15.3 Å². The number of hydrogen-bond donors (Lipinski definition) is 2. The molecule has 0 aliphatic carbocycles. The Hall–Kier alpha value is -2.54. The summed E-state index contributed by atoms with van der Waals surface area (Å²) in [7, 11) is 1.27. The monoisotopic (exact) mass is 437 g/mol. The molecule has 0 unspecified atom stereocenters. The number of amides is 1. The van der Waals surface area contributed by atoms with Gasteiger partial charge >= 0.3 is 5.97 Å². The molecular weight excluding hydrogens is 425 g/mol. The summed E-state index contributed by atoms with van der Waals surface area (Å²) in [5.41, 5.74) is 3.00. The van der Waals surface area contributed by atoms with Crippen LogP contribution in [0.3, 0.4) is 0 Å². The minimum absolute atomic E-state index is 0.0660. The molecule has 0 atom stereocenters. The number of carbonyl (C=O) groups excluding carboxylic acids is 2. The van der Waals surface area contributed by atoms with Gasteiger partial charge in [0.1, 0.15) is 10.8 Å². The molecule has 0 saturated carbocycles. The molecule has 0 bridgehead atoms. The highest BCUT2D eigenvalue weighted by Gasteiger charge is 2.18. The van der Waals surface area contributed by atoms with Gasteiger partial charge in [-0.05, 0) is 30.7 Å². The van der Waals surface area contributed by atoms with Crippen molar-refractivity contribution in [1.29, 1.82) is 0 Å². The summed E-state index contributed by atoms with van der Waals surface area (Å²) in [6.07, 6.45) is 1.55. The molecule has 28 heavy (non-hydrogen) atoms. The van der Waals surface area contributed by atoms with Crippen LogP contribution in [0.4, 0.5) is 5.69 Å². The van der Waals surface area contributed by atoms with Crippen molar-refractivity contribution in [1.82, 2.24) is 9.97 Å². The van der Waals surface area contributed by atoms with Crippen LogP contribution in [0, 0.1) is 6.92 Å². The Bertz CT molecular complexity index is 1060. The molecule has 0 saturated heterocycles. The number of esters is 1. The molecule has 0 radical (unpaired) electrons. The average Bonchev–Trinajstić information content (AvgIpc) is 2.96. The topological polar surface area (TPSA) is 84.1 Å². The molecule has 0 spiro atoms. The Kier molecular flexibility index (Phi) is 5.93. The van der Waals surface area contributed by atoms with Gasteiger partial charge in [0.25, 0.3) is 5.91 Å². The van der Waals surface area contributed by atoms with Crippen molar-refractivity contribution >= 4 is 52.4 Å². The fourth-order valence-corrected chi connectivity index (χ4v) is 3.12. The number of aromatic nitrogens is 2. The minimum atomic E-state index is -0.569. The van der Waals surface area contributed by atoms with E-state index in [1.165, 1.54) is 7.11 Å². The number of carbonyl (C=O) groups is 2. The predicted molar refractivity (Wildman–Crippen MR) is 110 cm³/mol. The van der Waals surface area contributed by atoms with Crippen LogP contribution in [0.5, 0.6) is 0 Å². The summed E-state index contributed by atoms with van der Waals surface area (Å²) < 4.78 is 4.70. The van der Waals surface area contributed by atoms with Crippen LogP contribution in [-0.4, -0.2) is 29.0 Å². The summed E-state index contributed by atoms with van der Waals surface area (Å²) in [5.74, 6) is -0.978. The number of halogens is 3. The fraction of sp³-hybridized carbons (Fsp3) is 0.105. The highest BCUT2D eigenvalue weighted by atomic mass is 35.5. The number of benzene rings is 1. The van der Waals surface area contributed by atoms with Gasteiger partial charge in [-0.2, -0.15) is 0 Å². The van der Waals surface area contributed by atoms with E-state index in [4.69, 9.17) is 39.5 Å². The Labute approximate surface area is 175 Å². The Morgan fingerprint density at radius 2 is 1.75 bits per heavy atom. The largest absolute Gasteiger partial charge is 0.465 e. The molecular formula is C19H14Cl3N3O3. The van der Waals surface area contributed by atoms with Crippen LogP contribution in [0.25, 0.3) is 11.1 Å². The number of hydrogen-bond acceptors (Lipinski definition) is 4. The maximum absolute atomic E-state index is 12.4. The maximum Gasteiger partial charge on any atom is 0.341 e. The summed E-state index contributed by atoms with van der Waals surface area (Å²) in [5, 5.41) is 3.30. The lowest BCUT2D eigenvalue weighted by Gasteiger charge is -2.08. The first-order chi connectivity index (χ1) is 13.3. The van der Waals surface area contributed by atoms with E-state index in [0.29, 0.717) is 22.0 Å². The standard InChI is InChI=1S/C19H14Cl3N3O3/c1-9-14(20)15(21)16(24-9)18(26)25-12-5-3-10(4-6-12)11-7-13(19(27)28-2)17(22)23-8-11/h3-8,24H,1-2H3,(H,25,26). The lowest BCUT2D eigenvalue weighted by atomic mass is 10.1. The zero-order chi connectivity index (χ0) is 20.4. The van der Waals surface area contributed by atoms with Crippen molar-refractivity contribution in [2.45, 2.75) is 6.92 Å². The SMILES string of the molecule is COC(=O)c1cc(-c2ccc(NC(=O)c3[nH]c(C)c(Cl)c3Cl)cc2)cnc1Cl. The molecule has 1 amide bonds. The Morgan fingerprint density at radius 3 is 2.32 bits per heavy atom. The predicted octanol–water partition coefficient (Wildman–Crippen LogP) is 5.38. The lowest BCUT2D eigenvalue weighted by molar-refractivity contribution is 0.0600. The van der Waals surface area contributed by atoms with Crippen molar-refractivity contribution in [3.05, 3.63) is 68.7 Å². The number of anilines is 1. The van der Waals surface area contributed by atoms with Gasteiger partial charge in [-0.15, -0.1) is 0 Å². The second kappa shape index (κ2) is 8.22. The molecule has 9 heteroatoms. The van der Waals surface area contributed by atoms with Gasteiger partial charge < -0.3 is 15.0 Å². The van der Waals surface area contributed by atoms with Crippen LogP contribution in [0.15, 0.2) is 36.5 Å². The van der Waals surface area contributed by atoms with Crippen molar-refractivity contribution < 1.29 is 14.3 Å². The van der Waals surface area contributed by atoms with Crippen molar-refractivity contribution in [2.75, 3.05) is 12.4 Å². The van der Waals surface area contributed by atoms with Crippen molar-refractivity contribution in [2.24, 2.45) is 0 Å². The minimum Gasteiger partial charge on any atom is -0.465 e. The second-order valence-electron chi connectivity index (χ2n) is 5.84. The van der Waals surface area contributed by atoms with E-state index in [-0.39, 0.29) is 21.4 Å². The zero-order valence-corrected chi connectivity index (χ0v) is 17.0. The molecule has 0 fully saturated rings. The molecule has 2 N–H and O–H groups in total. The number of H-pyrrole nitrogens is 1. The number of pyridine rings is 1. The summed E-state index contributed by atoms with van der Waals surface area (Å²) >= 11 is 18.0. The molecule has 0 aliphatic heterocycles. The van der Waals surface area contributed by atoms with Gasteiger partial charge in [-0.1, -0.05) is 46.9 Å². The van der Waals surface area contributed by atoms with Gasteiger partial charge in [-0.25, -0.2) is 9.78 Å².